The van der Waals surface area contributed by atoms with Gasteiger partial charge in [0.25, 0.3) is 0 Å². The lowest BCUT2D eigenvalue weighted by molar-refractivity contribution is -0.136. The summed E-state index contributed by atoms with van der Waals surface area (Å²) < 4.78 is 5.61. The third-order valence-corrected chi connectivity index (χ3v) is 3.18. The van der Waals surface area contributed by atoms with E-state index < -0.39 is 5.97 Å². The third kappa shape index (κ3) is 4.07. The molecule has 0 spiro atoms. The van der Waals surface area contributed by atoms with E-state index in [1.165, 1.54) is 6.07 Å². The summed E-state index contributed by atoms with van der Waals surface area (Å²) in [5.74, 6) is -0.484. The number of carboxylic acid groups (broad SMARTS) is 1. The van der Waals surface area contributed by atoms with E-state index in [1.807, 2.05) is 6.07 Å². The topological polar surface area (TPSA) is 63.6 Å². The number of hydrogen-bond acceptors (Lipinski definition) is 3. The largest absolute Gasteiger partial charge is 0.488 e. The van der Waals surface area contributed by atoms with E-state index in [4.69, 9.17) is 21.4 Å². The Morgan fingerprint density at radius 3 is 2.57 bits per heavy atom. The first-order valence-corrected chi connectivity index (χ1v) is 6.64. The second-order valence-corrected chi connectivity index (χ2v) is 4.86. The number of carbonyl (C=O) groups is 2. The number of benzene rings is 2. The minimum Gasteiger partial charge on any atom is -0.488 e. The van der Waals surface area contributed by atoms with Gasteiger partial charge < -0.3 is 9.84 Å². The SMILES string of the molecule is O=Cc1cc(Cl)ccc1OCc1ccccc1CC(=O)O. The van der Waals surface area contributed by atoms with Gasteiger partial charge in [0, 0.05) is 5.02 Å². The second-order valence-electron chi connectivity index (χ2n) is 4.43. The quantitative estimate of drug-likeness (QED) is 0.831. The molecule has 2 aromatic carbocycles. The lowest BCUT2D eigenvalue weighted by Crippen LogP contribution is -2.06. The number of hydrogen-bond donors (Lipinski definition) is 1. The molecule has 2 aromatic rings. The summed E-state index contributed by atoms with van der Waals surface area (Å²) in [5, 5.41) is 9.34. The number of aliphatic carboxylic acids is 1. The Balaban J connectivity index is 2.17. The van der Waals surface area contributed by atoms with Gasteiger partial charge in [-0.2, -0.15) is 0 Å². The van der Waals surface area contributed by atoms with Gasteiger partial charge >= 0.3 is 5.97 Å². The van der Waals surface area contributed by atoms with Crippen LogP contribution in [0.15, 0.2) is 42.5 Å². The van der Waals surface area contributed by atoms with Gasteiger partial charge in [0.05, 0.1) is 12.0 Å². The Morgan fingerprint density at radius 1 is 1.19 bits per heavy atom. The fourth-order valence-electron chi connectivity index (χ4n) is 1.93. The highest BCUT2D eigenvalue weighted by molar-refractivity contribution is 6.30. The van der Waals surface area contributed by atoms with Crippen LogP contribution in [0.5, 0.6) is 5.75 Å². The maximum absolute atomic E-state index is 11.0. The number of carboxylic acids is 1. The molecular formula is C16H13ClO4. The van der Waals surface area contributed by atoms with Crippen molar-refractivity contribution in [2.24, 2.45) is 0 Å². The fraction of sp³-hybridized carbons (Fsp3) is 0.125. The molecule has 0 saturated carbocycles. The molecule has 0 fully saturated rings. The first kappa shape index (κ1) is 15.1. The molecule has 0 atom stereocenters. The number of aldehydes is 1. The average Bonchev–Trinajstić information content (AvgIpc) is 2.46. The van der Waals surface area contributed by atoms with Crippen molar-refractivity contribution in [3.8, 4) is 5.75 Å². The van der Waals surface area contributed by atoms with Crippen molar-refractivity contribution >= 4 is 23.9 Å². The molecule has 4 nitrogen and oxygen atoms in total. The van der Waals surface area contributed by atoms with Crippen LogP contribution in [0.3, 0.4) is 0 Å². The van der Waals surface area contributed by atoms with E-state index in [0.29, 0.717) is 28.2 Å². The van der Waals surface area contributed by atoms with Gasteiger partial charge in [0.15, 0.2) is 6.29 Å². The first-order chi connectivity index (χ1) is 10.1. The van der Waals surface area contributed by atoms with Crippen molar-refractivity contribution < 1.29 is 19.4 Å². The van der Waals surface area contributed by atoms with Crippen LogP contribution >= 0.6 is 11.6 Å². The Morgan fingerprint density at radius 2 is 1.90 bits per heavy atom. The molecule has 0 amide bonds. The number of carbonyl (C=O) groups excluding carboxylic acids is 1. The molecule has 21 heavy (non-hydrogen) atoms. The van der Waals surface area contributed by atoms with Crippen molar-refractivity contribution in [3.05, 3.63) is 64.2 Å². The zero-order valence-electron chi connectivity index (χ0n) is 11.1. The zero-order chi connectivity index (χ0) is 15.2. The summed E-state index contributed by atoms with van der Waals surface area (Å²) in [7, 11) is 0. The molecule has 0 aliphatic heterocycles. The van der Waals surface area contributed by atoms with E-state index >= 15 is 0 Å². The molecule has 0 saturated heterocycles. The molecule has 108 valence electrons. The van der Waals surface area contributed by atoms with Crippen molar-refractivity contribution in [1.29, 1.82) is 0 Å². The van der Waals surface area contributed by atoms with Crippen molar-refractivity contribution in [1.82, 2.24) is 0 Å². The summed E-state index contributed by atoms with van der Waals surface area (Å²) in [6, 6.07) is 11.9. The third-order valence-electron chi connectivity index (χ3n) is 2.94. The van der Waals surface area contributed by atoms with Crippen LogP contribution in [0.25, 0.3) is 0 Å². The predicted octanol–water partition coefficient (Wildman–Crippen LogP) is 3.36. The van der Waals surface area contributed by atoms with Crippen LogP contribution in [-0.4, -0.2) is 17.4 Å². The van der Waals surface area contributed by atoms with E-state index in [-0.39, 0.29) is 13.0 Å². The van der Waals surface area contributed by atoms with Gasteiger partial charge in [-0.05, 0) is 29.3 Å². The van der Waals surface area contributed by atoms with Crippen molar-refractivity contribution in [3.63, 3.8) is 0 Å². The van der Waals surface area contributed by atoms with Crippen LogP contribution in [0.1, 0.15) is 21.5 Å². The molecule has 0 bridgehead atoms. The Labute approximate surface area is 126 Å². The standard InChI is InChI=1S/C16H13ClO4/c17-14-5-6-15(13(7-14)9-18)21-10-12-4-2-1-3-11(12)8-16(19)20/h1-7,9H,8,10H2,(H,19,20). The maximum Gasteiger partial charge on any atom is 0.307 e. The Hall–Kier alpha value is -2.33. The summed E-state index contributed by atoms with van der Waals surface area (Å²) in [4.78, 5) is 21.8. The highest BCUT2D eigenvalue weighted by Crippen LogP contribution is 2.23. The van der Waals surface area contributed by atoms with Crippen LogP contribution in [0, 0.1) is 0 Å². The van der Waals surface area contributed by atoms with Gasteiger partial charge in [0.2, 0.25) is 0 Å². The summed E-state index contributed by atoms with van der Waals surface area (Å²) in [5.41, 5.74) is 1.82. The highest BCUT2D eigenvalue weighted by atomic mass is 35.5. The van der Waals surface area contributed by atoms with Crippen LogP contribution in [0.4, 0.5) is 0 Å². The lowest BCUT2D eigenvalue weighted by Gasteiger charge is -2.11. The van der Waals surface area contributed by atoms with E-state index in [0.717, 1.165) is 5.56 Å². The zero-order valence-corrected chi connectivity index (χ0v) is 11.8. The van der Waals surface area contributed by atoms with Gasteiger partial charge in [-0.15, -0.1) is 0 Å². The highest BCUT2D eigenvalue weighted by Gasteiger charge is 2.09. The molecule has 0 aliphatic rings. The molecule has 0 aromatic heterocycles. The number of rotatable bonds is 6. The summed E-state index contributed by atoms with van der Waals surface area (Å²) in [6.07, 6.45) is 0.602. The molecule has 0 radical (unpaired) electrons. The summed E-state index contributed by atoms with van der Waals surface area (Å²) >= 11 is 5.82. The lowest BCUT2D eigenvalue weighted by atomic mass is 10.1. The molecule has 0 unspecified atom stereocenters. The van der Waals surface area contributed by atoms with Gasteiger partial charge in [0.1, 0.15) is 12.4 Å². The maximum atomic E-state index is 11.0. The van der Waals surface area contributed by atoms with Gasteiger partial charge in [-0.25, -0.2) is 0 Å². The van der Waals surface area contributed by atoms with E-state index in [1.54, 1.807) is 30.3 Å². The number of ether oxygens (including phenoxy) is 1. The molecule has 0 heterocycles. The van der Waals surface area contributed by atoms with Gasteiger partial charge in [-0.3, -0.25) is 9.59 Å². The summed E-state index contributed by atoms with van der Waals surface area (Å²) in [6.45, 7) is 0.186. The Kier molecular flexibility index (Phi) is 4.95. The second kappa shape index (κ2) is 6.90. The smallest absolute Gasteiger partial charge is 0.307 e. The molecule has 1 N–H and O–H groups in total. The predicted molar refractivity (Wildman–Crippen MR) is 79.0 cm³/mol. The van der Waals surface area contributed by atoms with E-state index in [2.05, 4.69) is 0 Å². The molecule has 0 aliphatic carbocycles. The normalized spacial score (nSPS) is 10.1. The van der Waals surface area contributed by atoms with E-state index in [9.17, 15) is 9.59 Å². The number of halogens is 1. The minimum absolute atomic E-state index is 0.0688. The average molecular weight is 305 g/mol. The molecule has 5 heteroatoms. The van der Waals surface area contributed by atoms with Gasteiger partial charge in [-0.1, -0.05) is 35.9 Å². The first-order valence-electron chi connectivity index (χ1n) is 6.26. The van der Waals surface area contributed by atoms with Crippen molar-refractivity contribution in [2.45, 2.75) is 13.0 Å². The fourth-order valence-corrected chi connectivity index (χ4v) is 2.11. The van der Waals surface area contributed by atoms with Crippen LogP contribution in [0.2, 0.25) is 5.02 Å². The van der Waals surface area contributed by atoms with Crippen LogP contribution < -0.4 is 4.74 Å². The monoisotopic (exact) mass is 304 g/mol. The Bertz CT molecular complexity index is 667. The van der Waals surface area contributed by atoms with Crippen LogP contribution in [-0.2, 0) is 17.8 Å². The molecule has 2 rings (SSSR count). The van der Waals surface area contributed by atoms with Crippen molar-refractivity contribution in [2.75, 3.05) is 0 Å². The minimum atomic E-state index is -0.900. The molecular weight excluding hydrogens is 292 g/mol.